The smallest absolute Gasteiger partial charge is 0.387 e. The van der Waals surface area contributed by atoms with Crippen LogP contribution in [0.4, 0.5) is 14.5 Å². The third kappa shape index (κ3) is 3.60. The normalized spacial score (nSPS) is 12.5. The van der Waals surface area contributed by atoms with E-state index in [1.54, 1.807) is 23.0 Å². The van der Waals surface area contributed by atoms with E-state index >= 15 is 0 Å². The molecule has 1 N–H and O–H groups in total. The van der Waals surface area contributed by atoms with Crippen LogP contribution >= 0.6 is 11.6 Å². The van der Waals surface area contributed by atoms with Crippen LogP contribution in [0.5, 0.6) is 5.75 Å². The van der Waals surface area contributed by atoms with Gasteiger partial charge >= 0.3 is 6.61 Å². The largest absolute Gasteiger partial charge is 0.433 e. The van der Waals surface area contributed by atoms with Crippen LogP contribution in [0.2, 0.25) is 5.02 Å². The predicted octanol–water partition coefficient (Wildman–Crippen LogP) is 3.85. The van der Waals surface area contributed by atoms with Crippen molar-refractivity contribution in [1.82, 2.24) is 9.78 Å². The number of hydrogen-bond acceptors (Lipinski definition) is 3. The summed E-state index contributed by atoms with van der Waals surface area (Å²) in [6.07, 6.45) is 3.65. The highest BCUT2D eigenvalue weighted by Crippen LogP contribution is 2.30. The Morgan fingerprint density at radius 3 is 2.70 bits per heavy atom. The fourth-order valence-electron chi connectivity index (χ4n) is 1.78. The summed E-state index contributed by atoms with van der Waals surface area (Å²) in [5.74, 6) is -0.0405. The minimum atomic E-state index is -2.89. The lowest BCUT2D eigenvalue weighted by Crippen LogP contribution is -2.06. The number of halogens is 3. The molecule has 0 aliphatic carbocycles. The predicted molar refractivity (Wildman–Crippen MR) is 73.3 cm³/mol. The van der Waals surface area contributed by atoms with E-state index in [0.717, 1.165) is 5.56 Å². The quantitative estimate of drug-likeness (QED) is 0.912. The second kappa shape index (κ2) is 6.09. The molecule has 1 aromatic heterocycles. The molecule has 0 amide bonds. The zero-order chi connectivity index (χ0) is 14.7. The van der Waals surface area contributed by atoms with Crippen LogP contribution < -0.4 is 10.1 Å². The second-order valence-electron chi connectivity index (χ2n) is 4.34. The van der Waals surface area contributed by atoms with Gasteiger partial charge in [0.1, 0.15) is 5.75 Å². The number of rotatable bonds is 5. The minimum absolute atomic E-state index is 0.0154. The van der Waals surface area contributed by atoms with Crippen LogP contribution in [0, 0.1) is 0 Å². The summed E-state index contributed by atoms with van der Waals surface area (Å²) < 4.78 is 30.3. The summed E-state index contributed by atoms with van der Waals surface area (Å²) in [4.78, 5) is 0. The molecule has 0 aliphatic heterocycles. The SMILES string of the molecule is CC(Nc1ccc(OC(F)F)c(Cl)c1)c1cnn(C)c1. The molecule has 20 heavy (non-hydrogen) atoms. The molecule has 2 aromatic rings. The molecule has 0 aliphatic rings. The summed E-state index contributed by atoms with van der Waals surface area (Å²) in [6, 6.07) is 4.61. The first kappa shape index (κ1) is 14.6. The van der Waals surface area contributed by atoms with Crippen molar-refractivity contribution in [3.8, 4) is 5.75 Å². The Hall–Kier alpha value is -1.82. The van der Waals surface area contributed by atoms with Gasteiger partial charge in [0.15, 0.2) is 0 Å². The standard InChI is InChI=1S/C13H14ClF2N3O/c1-8(9-6-17-19(2)7-9)18-10-3-4-12(11(14)5-10)20-13(15)16/h3-8,13,18H,1-2H3. The number of nitrogens with zero attached hydrogens (tertiary/aromatic N) is 2. The Kier molecular flexibility index (Phi) is 4.44. The summed E-state index contributed by atoms with van der Waals surface area (Å²) in [5.41, 5.74) is 1.73. The Morgan fingerprint density at radius 1 is 1.40 bits per heavy atom. The molecule has 1 heterocycles. The fourth-order valence-corrected chi connectivity index (χ4v) is 2.00. The Morgan fingerprint density at radius 2 is 2.15 bits per heavy atom. The zero-order valence-corrected chi connectivity index (χ0v) is 11.7. The molecule has 1 unspecified atom stereocenters. The number of benzene rings is 1. The fraction of sp³-hybridized carbons (Fsp3) is 0.308. The maximum absolute atomic E-state index is 12.1. The van der Waals surface area contributed by atoms with E-state index in [1.807, 2.05) is 20.2 Å². The van der Waals surface area contributed by atoms with Crippen molar-refractivity contribution in [2.24, 2.45) is 7.05 Å². The highest BCUT2D eigenvalue weighted by atomic mass is 35.5. The van der Waals surface area contributed by atoms with Gasteiger partial charge in [0.2, 0.25) is 0 Å². The van der Waals surface area contributed by atoms with E-state index < -0.39 is 6.61 Å². The van der Waals surface area contributed by atoms with Crippen molar-refractivity contribution in [3.05, 3.63) is 41.2 Å². The molecular weight excluding hydrogens is 288 g/mol. The number of aryl methyl sites for hydroxylation is 1. The highest BCUT2D eigenvalue weighted by molar-refractivity contribution is 6.32. The molecule has 7 heteroatoms. The monoisotopic (exact) mass is 301 g/mol. The molecule has 0 fully saturated rings. The maximum Gasteiger partial charge on any atom is 0.387 e. The average Bonchev–Trinajstić information content (AvgIpc) is 2.79. The van der Waals surface area contributed by atoms with Crippen molar-refractivity contribution in [1.29, 1.82) is 0 Å². The topological polar surface area (TPSA) is 39.1 Å². The molecule has 108 valence electrons. The first-order chi connectivity index (χ1) is 9.45. The van der Waals surface area contributed by atoms with Crippen molar-refractivity contribution in [3.63, 3.8) is 0 Å². The van der Waals surface area contributed by atoms with Crippen LogP contribution in [0.15, 0.2) is 30.6 Å². The van der Waals surface area contributed by atoms with Gasteiger partial charge in [-0.15, -0.1) is 0 Å². The lowest BCUT2D eigenvalue weighted by Gasteiger charge is -2.15. The number of nitrogens with one attached hydrogen (secondary N) is 1. The van der Waals surface area contributed by atoms with E-state index in [2.05, 4.69) is 15.2 Å². The van der Waals surface area contributed by atoms with Crippen LogP contribution in [0.25, 0.3) is 0 Å². The van der Waals surface area contributed by atoms with E-state index in [9.17, 15) is 8.78 Å². The Labute approximate surface area is 120 Å². The molecule has 0 bridgehead atoms. The van der Waals surface area contributed by atoms with Gasteiger partial charge in [-0.1, -0.05) is 11.6 Å². The van der Waals surface area contributed by atoms with Gasteiger partial charge < -0.3 is 10.1 Å². The molecule has 0 saturated carbocycles. The molecule has 0 radical (unpaired) electrons. The van der Waals surface area contributed by atoms with E-state index in [-0.39, 0.29) is 16.8 Å². The van der Waals surface area contributed by atoms with E-state index in [0.29, 0.717) is 5.69 Å². The van der Waals surface area contributed by atoms with Crippen molar-refractivity contribution in [2.75, 3.05) is 5.32 Å². The van der Waals surface area contributed by atoms with Crippen LogP contribution in [-0.2, 0) is 7.05 Å². The highest BCUT2D eigenvalue weighted by Gasteiger charge is 2.11. The molecule has 0 saturated heterocycles. The lowest BCUT2D eigenvalue weighted by atomic mass is 10.2. The average molecular weight is 302 g/mol. The summed E-state index contributed by atoms with van der Waals surface area (Å²) in [7, 11) is 1.84. The zero-order valence-electron chi connectivity index (χ0n) is 11.0. The number of anilines is 1. The van der Waals surface area contributed by atoms with Gasteiger partial charge in [-0.25, -0.2) is 0 Å². The summed E-state index contributed by atoms with van der Waals surface area (Å²) >= 11 is 5.89. The maximum atomic E-state index is 12.1. The van der Waals surface area contributed by atoms with Gasteiger partial charge in [0.05, 0.1) is 17.3 Å². The third-order valence-electron chi connectivity index (χ3n) is 2.76. The second-order valence-corrected chi connectivity index (χ2v) is 4.74. The number of aromatic nitrogens is 2. The van der Waals surface area contributed by atoms with Crippen molar-refractivity contribution >= 4 is 17.3 Å². The third-order valence-corrected chi connectivity index (χ3v) is 3.05. The van der Waals surface area contributed by atoms with Gasteiger partial charge in [0, 0.05) is 24.5 Å². The number of ether oxygens (including phenoxy) is 1. The Balaban J connectivity index is 2.08. The first-order valence-electron chi connectivity index (χ1n) is 5.95. The van der Waals surface area contributed by atoms with Crippen molar-refractivity contribution < 1.29 is 13.5 Å². The van der Waals surface area contributed by atoms with Crippen LogP contribution in [-0.4, -0.2) is 16.4 Å². The molecule has 2 rings (SSSR count). The summed E-state index contributed by atoms with van der Waals surface area (Å²) in [6.45, 7) is -0.922. The molecule has 0 spiro atoms. The van der Waals surface area contributed by atoms with Crippen LogP contribution in [0.3, 0.4) is 0 Å². The lowest BCUT2D eigenvalue weighted by molar-refractivity contribution is -0.0497. The first-order valence-corrected chi connectivity index (χ1v) is 6.33. The number of alkyl halides is 2. The van der Waals surface area contributed by atoms with Crippen molar-refractivity contribution in [2.45, 2.75) is 19.6 Å². The molecule has 1 aromatic carbocycles. The van der Waals surface area contributed by atoms with Gasteiger partial charge in [0.25, 0.3) is 0 Å². The van der Waals surface area contributed by atoms with Gasteiger partial charge in [-0.3, -0.25) is 4.68 Å². The minimum Gasteiger partial charge on any atom is -0.433 e. The number of hydrogen-bond donors (Lipinski definition) is 1. The van der Waals surface area contributed by atoms with Gasteiger partial charge in [-0.05, 0) is 25.1 Å². The molecule has 4 nitrogen and oxygen atoms in total. The summed E-state index contributed by atoms with van der Waals surface area (Å²) in [5, 5.41) is 7.44. The van der Waals surface area contributed by atoms with E-state index in [4.69, 9.17) is 11.6 Å². The van der Waals surface area contributed by atoms with Crippen LogP contribution in [0.1, 0.15) is 18.5 Å². The molecular formula is C13H14ClF2N3O. The van der Waals surface area contributed by atoms with Gasteiger partial charge in [-0.2, -0.15) is 13.9 Å². The Bertz CT molecular complexity index is 589. The van der Waals surface area contributed by atoms with E-state index in [1.165, 1.54) is 6.07 Å². The molecule has 1 atom stereocenters.